The Morgan fingerprint density at radius 1 is 0.812 bits per heavy atom. The zero-order valence-corrected chi connectivity index (χ0v) is 11.3. The molecule has 80 valence electrons. The van der Waals surface area contributed by atoms with Crippen LogP contribution in [0.4, 0.5) is 0 Å². The van der Waals surface area contributed by atoms with E-state index in [4.69, 9.17) is 0 Å². The molecule has 0 saturated heterocycles. The summed E-state index contributed by atoms with van der Waals surface area (Å²) < 4.78 is 0.173. The average Bonchev–Trinajstić information content (AvgIpc) is 2.98. The topological polar surface area (TPSA) is 17.1 Å². The Morgan fingerprint density at radius 2 is 1.31 bits per heavy atom. The smallest absolute Gasteiger partial charge is 0.265 e. The van der Waals surface area contributed by atoms with Crippen LogP contribution >= 0.6 is 45.3 Å². The van der Waals surface area contributed by atoms with Gasteiger partial charge in [0.15, 0.2) is 0 Å². The largest absolute Gasteiger partial charge is 0.288 e. The molecule has 1 nitrogen and oxygen atoms in total. The Hall–Kier alpha value is -0.750. The predicted molar refractivity (Wildman–Crippen MR) is 75.1 cm³/mol. The van der Waals surface area contributed by atoms with Gasteiger partial charge in [-0.25, -0.2) is 0 Å². The summed E-state index contributed by atoms with van der Waals surface area (Å²) >= 11 is 6.07. The minimum atomic E-state index is 0.173. The lowest BCUT2D eigenvalue weighted by atomic mass is 10.3. The quantitative estimate of drug-likeness (QED) is 0.670. The third-order valence-electron chi connectivity index (χ3n) is 2.07. The van der Waals surface area contributed by atoms with Gasteiger partial charge in [-0.15, -0.1) is 22.7 Å². The van der Waals surface area contributed by atoms with Gasteiger partial charge in [0.05, 0.1) is 9.75 Å². The van der Waals surface area contributed by atoms with Gasteiger partial charge >= 0.3 is 0 Å². The van der Waals surface area contributed by atoms with E-state index in [0.717, 1.165) is 9.75 Å². The van der Waals surface area contributed by atoms with Gasteiger partial charge in [-0.2, -0.15) is 0 Å². The maximum atomic E-state index is 11.5. The standard InChI is InChI=1S/C11H6OS4/c12-11-15-9(7-3-1-5-13-7)10(16-11)8-4-2-6-14-8/h1-6H. The first-order valence-corrected chi connectivity index (χ1v) is 7.95. The molecule has 0 aliphatic heterocycles. The molecule has 0 aliphatic rings. The fraction of sp³-hybridized carbons (Fsp3) is 0. The Bertz CT molecular complexity index is 573. The molecule has 5 heteroatoms. The monoisotopic (exact) mass is 282 g/mol. The summed E-state index contributed by atoms with van der Waals surface area (Å²) in [6.07, 6.45) is 0. The van der Waals surface area contributed by atoms with Crippen molar-refractivity contribution in [1.82, 2.24) is 0 Å². The average molecular weight is 282 g/mol. The van der Waals surface area contributed by atoms with Crippen molar-refractivity contribution in [1.29, 1.82) is 0 Å². The highest BCUT2D eigenvalue weighted by Gasteiger charge is 2.14. The van der Waals surface area contributed by atoms with Crippen LogP contribution < -0.4 is 4.06 Å². The van der Waals surface area contributed by atoms with Crippen molar-refractivity contribution in [3.8, 4) is 19.5 Å². The summed E-state index contributed by atoms with van der Waals surface area (Å²) in [5, 5.41) is 4.09. The predicted octanol–water partition coefficient (Wildman–Crippen LogP) is 4.63. The molecule has 0 spiro atoms. The molecule has 16 heavy (non-hydrogen) atoms. The third-order valence-corrected chi connectivity index (χ3v) is 6.32. The fourth-order valence-corrected chi connectivity index (χ4v) is 5.42. The first kappa shape index (κ1) is 10.4. The molecule has 0 aromatic carbocycles. The van der Waals surface area contributed by atoms with Crippen molar-refractivity contribution in [2.24, 2.45) is 0 Å². The van der Waals surface area contributed by atoms with Gasteiger partial charge in [0.2, 0.25) is 0 Å². The van der Waals surface area contributed by atoms with E-state index in [1.807, 2.05) is 22.9 Å². The SMILES string of the molecule is O=c1sc(-c2cccs2)c(-c2cccs2)s1. The maximum Gasteiger partial charge on any atom is 0.288 e. The molecule has 0 fully saturated rings. The van der Waals surface area contributed by atoms with E-state index in [1.165, 1.54) is 32.4 Å². The second-order valence-electron chi connectivity index (χ2n) is 3.07. The Labute approximate surface area is 108 Å². The van der Waals surface area contributed by atoms with Crippen LogP contribution in [-0.2, 0) is 0 Å². The van der Waals surface area contributed by atoms with Crippen LogP contribution in [0.1, 0.15) is 0 Å². The van der Waals surface area contributed by atoms with Crippen molar-refractivity contribution < 1.29 is 0 Å². The van der Waals surface area contributed by atoms with E-state index < -0.39 is 0 Å². The van der Waals surface area contributed by atoms with Gasteiger partial charge in [-0.05, 0) is 22.9 Å². The van der Waals surface area contributed by atoms with Gasteiger partial charge in [-0.1, -0.05) is 34.8 Å². The van der Waals surface area contributed by atoms with Crippen molar-refractivity contribution in [3.05, 3.63) is 43.9 Å². The van der Waals surface area contributed by atoms with E-state index in [1.54, 1.807) is 22.7 Å². The van der Waals surface area contributed by atoms with E-state index in [0.29, 0.717) is 0 Å². The summed E-state index contributed by atoms with van der Waals surface area (Å²) in [5.74, 6) is 0. The number of hydrogen-bond acceptors (Lipinski definition) is 5. The molecule has 0 N–H and O–H groups in total. The lowest BCUT2D eigenvalue weighted by Gasteiger charge is -1.95. The number of hydrogen-bond donors (Lipinski definition) is 0. The Balaban J connectivity index is 2.23. The molecule has 0 radical (unpaired) electrons. The minimum Gasteiger partial charge on any atom is -0.265 e. The highest BCUT2D eigenvalue weighted by molar-refractivity contribution is 7.34. The van der Waals surface area contributed by atoms with Crippen LogP contribution in [-0.4, -0.2) is 0 Å². The number of thiophene rings is 2. The highest BCUT2D eigenvalue weighted by Crippen LogP contribution is 2.41. The molecule has 0 atom stereocenters. The second-order valence-corrected chi connectivity index (χ2v) is 7.19. The summed E-state index contributed by atoms with van der Waals surface area (Å²) in [6, 6.07) is 8.18. The zero-order chi connectivity index (χ0) is 11.0. The van der Waals surface area contributed by atoms with Gasteiger partial charge < -0.3 is 0 Å². The Morgan fingerprint density at radius 3 is 1.69 bits per heavy atom. The minimum absolute atomic E-state index is 0.173. The van der Waals surface area contributed by atoms with Gasteiger partial charge in [-0.3, -0.25) is 4.79 Å². The third kappa shape index (κ3) is 1.80. The maximum absolute atomic E-state index is 11.5. The van der Waals surface area contributed by atoms with Crippen molar-refractivity contribution in [2.45, 2.75) is 0 Å². The van der Waals surface area contributed by atoms with E-state index in [-0.39, 0.29) is 4.06 Å². The van der Waals surface area contributed by atoms with Crippen molar-refractivity contribution >= 4 is 45.3 Å². The van der Waals surface area contributed by atoms with Crippen molar-refractivity contribution in [3.63, 3.8) is 0 Å². The van der Waals surface area contributed by atoms with Gasteiger partial charge in [0, 0.05) is 9.75 Å². The van der Waals surface area contributed by atoms with E-state index >= 15 is 0 Å². The molecular weight excluding hydrogens is 276 g/mol. The number of rotatable bonds is 2. The molecule has 0 unspecified atom stereocenters. The van der Waals surface area contributed by atoms with Crippen LogP contribution in [0.25, 0.3) is 19.5 Å². The van der Waals surface area contributed by atoms with E-state index in [2.05, 4.69) is 12.1 Å². The van der Waals surface area contributed by atoms with Crippen molar-refractivity contribution in [2.75, 3.05) is 0 Å². The molecule has 3 aromatic heterocycles. The van der Waals surface area contributed by atoms with E-state index in [9.17, 15) is 4.79 Å². The lowest BCUT2D eigenvalue weighted by Crippen LogP contribution is -1.73. The summed E-state index contributed by atoms with van der Waals surface area (Å²) in [6.45, 7) is 0. The molecule has 3 heterocycles. The van der Waals surface area contributed by atoms with Gasteiger partial charge in [0.25, 0.3) is 4.06 Å². The molecule has 3 aromatic rings. The highest BCUT2D eigenvalue weighted by atomic mass is 32.2. The van der Waals surface area contributed by atoms with Crippen LogP contribution in [0, 0.1) is 0 Å². The first-order valence-electron chi connectivity index (χ1n) is 4.56. The summed E-state index contributed by atoms with van der Waals surface area (Å²) in [5.41, 5.74) is 0. The molecule has 0 saturated carbocycles. The lowest BCUT2D eigenvalue weighted by molar-refractivity contribution is 1.94. The molecule has 0 amide bonds. The molecule has 0 aliphatic carbocycles. The molecule has 0 bridgehead atoms. The molecular formula is C11H6OS4. The van der Waals surface area contributed by atoms with Crippen LogP contribution in [0.15, 0.2) is 39.8 Å². The summed E-state index contributed by atoms with van der Waals surface area (Å²) in [4.78, 5) is 16.2. The molecule has 3 rings (SSSR count). The summed E-state index contributed by atoms with van der Waals surface area (Å²) in [7, 11) is 0. The zero-order valence-electron chi connectivity index (χ0n) is 8.01. The first-order chi connectivity index (χ1) is 7.84. The normalized spacial score (nSPS) is 10.8. The van der Waals surface area contributed by atoms with Crippen LogP contribution in [0.2, 0.25) is 0 Å². The van der Waals surface area contributed by atoms with Gasteiger partial charge in [0.1, 0.15) is 0 Å². The fourth-order valence-electron chi connectivity index (χ4n) is 1.42. The second kappa shape index (κ2) is 4.25. The Kier molecular flexibility index (Phi) is 2.77. The van der Waals surface area contributed by atoms with Crippen LogP contribution in [0.5, 0.6) is 0 Å². The van der Waals surface area contributed by atoms with Crippen LogP contribution in [0.3, 0.4) is 0 Å².